The zero-order chi connectivity index (χ0) is 24.0. The van der Waals surface area contributed by atoms with Gasteiger partial charge in [0, 0.05) is 36.9 Å². The number of halogens is 3. The molecule has 5 rings (SSSR count). The van der Waals surface area contributed by atoms with Crippen molar-refractivity contribution in [2.45, 2.75) is 30.3 Å². The minimum atomic E-state index is -0.902. The second-order valence-corrected chi connectivity index (χ2v) is 10.3. The van der Waals surface area contributed by atoms with Gasteiger partial charge in [0.25, 0.3) is 0 Å². The minimum Gasteiger partial charge on any atom is -0.507 e. The maximum absolute atomic E-state index is 13.6. The SMILES string of the molecule is CC(=O)c1cc([C@@]23C[C@@H]2CN(CCCSc2nnc(-c4ccc(F)c(F)c4)n2C)C3)ccc1O.Cl. The Balaban J connectivity index is 0.00000289. The molecule has 2 aliphatic rings. The molecule has 0 radical (unpaired) electrons. The number of fused-ring (bicyclic) bond motifs is 1. The lowest BCUT2D eigenvalue weighted by Gasteiger charge is -2.21. The van der Waals surface area contributed by atoms with Crippen LogP contribution in [0.5, 0.6) is 5.75 Å². The lowest BCUT2D eigenvalue weighted by molar-refractivity contribution is 0.101. The highest BCUT2D eigenvalue weighted by Gasteiger charge is 2.60. The number of rotatable bonds is 8. The molecule has 0 spiro atoms. The Bertz CT molecular complexity index is 1270. The first kappa shape index (κ1) is 25.6. The number of hydrogen-bond acceptors (Lipinski definition) is 6. The number of piperidine rings is 1. The molecule has 2 heterocycles. The predicted octanol–water partition coefficient (Wildman–Crippen LogP) is 4.85. The van der Waals surface area contributed by atoms with Gasteiger partial charge in [-0.25, -0.2) is 8.78 Å². The first-order valence-electron chi connectivity index (χ1n) is 11.3. The minimum absolute atomic E-state index is 0. The van der Waals surface area contributed by atoms with E-state index < -0.39 is 11.6 Å². The number of carbonyl (C=O) groups is 1. The summed E-state index contributed by atoms with van der Waals surface area (Å²) < 4.78 is 28.6. The largest absolute Gasteiger partial charge is 0.507 e. The molecule has 2 aromatic carbocycles. The number of phenols is 1. The van der Waals surface area contributed by atoms with Crippen LogP contribution in [-0.4, -0.2) is 55.9 Å². The van der Waals surface area contributed by atoms with Crippen molar-refractivity contribution in [3.05, 3.63) is 59.2 Å². The van der Waals surface area contributed by atoms with Gasteiger partial charge in [-0.05, 0) is 68.1 Å². The molecule has 1 aromatic heterocycles. The van der Waals surface area contributed by atoms with Crippen LogP contribution in [0.2, 0.25) is 0 Å². The third kappa shape index (κ3) is 4.81. The third-order valence-electron chi connectivity index (χ3n) is 7.03. The fourth-order valence-electron chi connectivity index (χ4n) is 5.11. The maximum atomic E-state index is 13.6. The number of carbonyl (C=O) groups excluding carboxylic acids is 1. The number of ketones is 1. The number of aromatic nitrogens is 3. The standard InChI is InChI=1S/C25H26F2N4O2S.ClH/c1-15(32)19-11-17(5-7-22(19)33)25-12-18(25)13-31(14-25)8-3-9-34-24-29-28-23(30(24)2)16-4-6-20(26)21(27)10-16;/h4-7,10-11,18,33H,3,8-9,12-14H2,1-2H3;1H/t18-,25+;/m1./s1. The molecule has 2 atom stereocenters. The van der Waals surface area contributed by atoms with Crippen LogP contribution >= 0.6 is 24.2 Å². The van der Waals surface area contributed by atoms with E-state index >= 15 is 0 Å². The molecule has 186 valence electrons. The van der Waals surface area contributed by atoms with Crippen molar-refractivity contribution in [1.82, 2.24) is 19.7 Å². The first-order valence-corrected chi connectivity index (χ1v) is 12.3. The summed E-state index contributed by atoms with van der Waals surface area (Å²) in [6, 6.07) is 9.20. The Morgan fingerprint density at radius 1 is 1.20 bits per heavy atom. The zero-order valence-corrected chi connectivity index (χ0v) is 21.1. The Morgan fingerprint density at radius 3 is 2.74 bits per heavy atom. The number of thioether (sulfide) groups is 1. The highest BCUT2D eigenvalue weighted by molar-refractivity contribution is 7.99. The third-order valence-corrected chi connectivity index (χ3v) is 8.14. The van der Waals surface area contributed by atoms with E-state index in [0.29, 0.717) is 22.9 Å². The number of benzene rings is 2. The van der Waals surface area contributed by atoms with Crippen LogP contribution in [0.3, 0.4) is 0 Å². The van der Waals surface area contributed by atoms with Gasteiger partial charge < -0.3 is 14.6 Å². The van der Waals surface area contributed by atoms with E-state index in [2.05, 4.69) is 15.1 Å². The summed E-state index contributed by atoms with van der Waals surface area (Å²) in [6.45, 7) is 4.47. The molecule has 1 aliphatic carbocycles. The second-order valence-electron chi connectivity index (χ2n) is 9.28. The number of Topliss-reactive ketones (excluding diaryl/α,β-unsaturated/α-hetero) is 1. The van der Waals surface area contributed by atoms with Crippen molar-refractivity contribution in [3.8, 4) is 17.1 Å². The Labute approximate surface area is 213 Å². The van der Waals surface area contributed by atoms with Crippen LogP contribution in [0, 0.1) is 17.6 Å². The Morgan fingerprint density at radius 2 is 2.00 bits per heavy atom. The summed E-state index contributed by atoms with van der Waals surface area (Å²) in [5.41, 5.74) is 2.15. The molecule has 10 heteroatoms. The lowest BCUT2D eigenvalue weighted by atomic mass is 9.92. The maximum Gasteiger partial charge on any atom is 0.191 e. The van der Waals surface area contributed by atoms with Crippen molar-refractivity contribution in [2.24, 2.45) is 13.0 Å². The summed E-state index contributed by atoms with van der Waals surface area (Å²) in [4.78, 5) is 14.3. The fourth-order valence-corrected chi connectivity index (χ4v) is 5.95. The van der Waals surface area contributed by atoms with Gasteiger partial charge in [0.05, 0.1) is 5.56 Å². The number of phenolic OH excluding ortho intramolecular Hbond substituents is 1. The summed E-state index contributed by atoms with van der Waals surface area (Å²) in [6.07, 6.45) is 2.11. The molecular formula is C25H27ClF2N4O2S. The van der Waals surface area contributed by atoms with Crippen molar-refractivity contribution >= 4 is 30.0 Å². The van der Waals surface area contributed by atoms with E-state index in [1.54, 1.807) is 22.4 Å². The van der Waals surface area contributed by atoms with Gasteiger partial charge in [0.15, 0.2) is 28.4 Å². The summed E-state index contributed by atoms with van der Waals surface area (Å²) in [5, 5.41) is 19.1. The normalized spacial score (nSPS) is 21.0. The molecule has 2 fully saturated rings. The van der Waals surface area contributed by atoms with Crippen LogP contribution in [0.4, 0.5) is 8.78 Å². The van der Waals surface area contributed by atoms with E-state index in [1.807, 2.05) is 19.2 Å². The molecule has 0 amide bonds. The molecule has 0 unspecified atom stereocenters. The highest BCUT2D eigenvalue weighted by Crippen LogP contribution is 2.59. The van der Waals surface area contributed by atoms with Crippen LogP contribution in [0.1, 0.15) is 35.7 Å². The molecule has 1 saturated carbocycles. The Hall–Kier alpha value is -2.49. The van der Waals surface area contributed by atoms with Crippen molar-refractivity contribution in [3.63, 3.8) is 0 Å². The number of likely N-dealkylation sites (tertiary alicyclic amines) is 1. The smallest absolute Gasteiger partial charge is 0.191 e. The average Bonchev–Trinajstić information content (AvgIpc) is 3.18. The molecule has 1 saturated heterocycles. The van der Waals surface area contributed by atoms with E-state index in [0.717, 1.165) is 61.1 Å². The molecule has 35 heavy (non-hydrogen) atoms. The van der Waals surface area contributed by atoms with E-state index in [4.69, 9.17) is 0 Å². The summed E-state index contributed by atoms with van der Waals surface area (Å²) in [7, 11) is 1.82. The van der Waals surface area contributed by atoms with Gasteiger partial charge in [-0.3, -0.25) is 4.79 Å². The average molecular weight is 521 g/mol. The quantitative estimate of drug-likeness (QED) is 0.260. The van der Waals surface area contributed by atoms with Gasteiger partial charge >= 0.3 is 0 Å². The molecule has 1 aliphatic heterocycles. The van der Waals surface area contributed by atoms with E-state index in [9.17, 15) is 18.7 Å². The van der Waals surface area contributed by atoms with Gasteiger partial charge in [-0.1, -0.05) is 17.8 Å². The van der Waals surface area contributed by atoms with E-state index in [1.165, 1.54) is 13.0 Å². The first-order chi connectivity index (χ1) is 16.3. The second kappa shape index (κ2) is 9.87. The van der Waals surface area contributed by atoms with Crippen molar-refractivity contribution in [2.75, 3.05) is 25.4 Å². The van der Waals surface area contributed by atoms with E-state index in [-0.39, 0.29) is 29.4 Å². The number of hydrogen-bond donors (Lipinski definition) is 1. The predicted molar refractivity (Wildman–Crippen MR) is 133 cm³/mol. The zero-order valence-electron chi connectivity index (χ0n) is 19.5. The summed E-state index contributed by atoms with van der Waals surface area (Å²) >= 11 is 1.60. The van der Waals surface area contributed by atoms with Crippen LogP contribution in [-0.2, 0) is 12.5 Å². The van der Waals surface area contributed by atoms with Crippen molar-refractivity contribution < 1.29 is 18.7 Å². The molecule has 6 nitrogen and oxygen atoms in total. The lowest BCUT2D eigenvalue weighted by Crippen LogP contribution is -2.28. The topological polar surface area (TPSA) is 71.2 Å². The Kier molecular flexibility index (Phi) is 7.22. The number of nitrogens with zero attached hydrogens (tertiary/aromatic N) is 4. The van der Waals surface area contributed by atoms with Crippen LogP contribution < -0.4 is 0 Å². The molecule has 1 N–H and O–H groups in total. The van der Waals surface area contributed by atoms with Gasteiger partial charge in [0.2, 0.25) is 0 Å². The summed E-state index contributed by atoms with van der Waals surface area (Å²) in [5.74, 6) is 0.117. The molecule has 3 aromatic rings. The molecule has 0 bridgehead atoms. The monoisotopic (exact) mass is 520 g/mol. The fraction of sp³-hybridized carbons (Fsp3) is 0.400. The molecular weight excluding hydrogens is 494 g/mol. The van der Waals surface area contributed by atoms with Gasteiger partial charge in [-0.15, -0.1) is 22.6 Å². The number of aromatic hydroxyl groups is 1. The van der Waals surface area contributed by atoms with Crippen molar-refractivity contribution in [1.29, 1.82) is 0 Å². The van der Waals surface area contributed by atoms with Gasteiger partial charge in [0.1, 0.15) is 5.75 Å². The van der Waals surface area contributed by atoms with Gasteiger partial charge in [-0.2, -0.15) is 0 Å². The van der Waals surface area contributed by atoms with Crippen LogP contribution in [0.25, 0.3) is 11.4 Å². The van der Waals surface area contributed by atoms with Crippen LogP contribution in [0.15, 0.2) is 41.6 Å². The highest BCUT2D eigenvalue weighted by atomic mass is 35.5.